The van der Waals surface area contributed by atoms with E-state index in [9.17, 15) is 13.2 Å². The topological polar surface area (TPSA) is 63.7 Å². The number of hydrogen-bond acceptors (Lipinski definition) is 4. The van der Waals surface area contributed by atoms with E-state index < -0.39 is 10.0 Å². The van der Waals surface area contributed by atoms with Gasteiger partial charge in [-0.25, -0.2) is 12.7 Å². The van der Waals surface area contributed by atoms with E-state index in [2.05, 4.69) is 0 Å². The molecule has 0 aromatic heterocycles. The summed E-state index contributed by atoms with van der Waals surface area (Å²) in [5.74, 6) is -0.268. The molecule has 1 atom stereocenters. The van der Waals surface area contributed by atoms with Crippen molar-refractivity contribution in [3.05, 3.63) is 0 Å². The van der Waals surface area contributed by atoms with Crippen LogP contribution in [0, 0.1) is 0 Å². The van der Waals surface area contributed by atoms with Gasteiger partial charge in [-0.05, 0) is 12.8 Å². The Morgan fingerprint density at radius 1 is 1.44 bits per heavy atom. The number of esters is 1. The molecule has 0 rings (SSSR count). The van der Waals surface area contributed by atoms with Gasteiger partial charge < -0.3 is 4.74 Å². The number of alkyl halides is 1. The monoisotopic (exact) mass is 363 g/mol. The molecule has 0 heterocycles. The molecule has 16 heavy (non-hydrogen) atoms. The fraction of sp³-hybridized carbons (Fsp3) is 0.889. The summed E-state index contributed by atoms with van der Waals surface area (Å²) in [4.78, 5) is 11.2. The van der Waals surface area contributed by atoms with Crippen molar-refractivity contribution >= 4 is 38.6 Å². The molecule has 0 saturated carbocycles. The summed E-state index contributed by atoms with van der Waals surface area (Å²) in [5, 5.41) is 0. The van der Waals surface area contributed by atoms with Crippen molar-refractivity contribution < 1.29 is 17.9 Å². The van der Waals surface area contributed by atoms with E-state index in [1.807, 2.05) is 29.5 Å². The number of carbonyl (C=O) groups excluding carboxylic acids is 1. The van der Waals surface area contributed by atoms with Gasteiger partial charge in [-0.15, -0.1) is 0 Å². The molecule has 0 saturated heterocycles. The number of sulfonamides is 1. The van der Waals surface area contributed by atoms with Crippen LogP contribution < -0.4 is 0 Å². The van der Waals surface area contributed by atoms with E-state index in [1.54, 1.807) is 0 Å². The zero-order valence-corrected chi connectivity index (χ0v) is 12.7. The summed E-state index contributed by atoms with van der Waals surface area (Å²) in [6.07, 6.45) is 1.05. The minimum atomic E-state index is -3.18. The van der Waals surface area contributed by atoms with E-state index in [4.69, 9.17) is 4.74 Å². The second kappa shape index (κ2) is 7.44. The minimum absolute atomic E-state index is 0.00528. The summed E-state index contributed by atoms with van der Waals surface area (Å²) >= 11 is 2.01. The van der Waals surface area contributed by atoms with Crippen molar-refractivity contribution in [3.8, 4) is 0 Å². The highest BCUT2D eigenvalue weighted by Gasteiger charge is 2.15. The van der Waals surface area contributed by atoms with Crippen LogP contribution in [-0.2, 0) is 19.6 Å². The van der Waals surface area contributed by atoms with E-state index in [0.29, 0.717) is 6.42 Å². The van der Waals surface area contributed by atoms with Crippen LogP contribution in [-0.4, -0.2) is 49.1 Å². The van der Waals surface area contributed by atoms with Crippen molar-refractivity contribution in [2.45, 2.75) is 23.7 Å². The number of carbonyl (C=O) groups is 1. The first kappa shape index (κ1) is 16.1. The van der Waals surface area contributed by atoms with Gasteiger partial charge in [0.2, 0.25) is 10.0 Å². The second-order valence-corrected chi connectivity index (χ2v) is 7.30. The Bertz CT molecular complexity index is 315. The molecule has 0 aliphatic rings. The first-order valence-electron chi connectivity index (χ1n) is 5.02. The first-order chi connectivity index (χ1) is 7.31. The lowest BCUT2D eigenvalue weighted by Gasteiger charge is -2.11. The minimum Gasteiger partial charge on any atom is -0.465 e. The highest BCUT2D eigenvalue weighted by Crippen LogP contribution is 2.07. The normalized spacial score (nSPS) is 13.8. The molecule has 0 aliphatic carbocycles. The Hall–Kier alpha value is 0.110. The molecule has 0 aromatic rings. The molecule has 0 aromatic carbocycles. The van der Waals surface area contributed by atoms with Gasteiger partial charge in [0.25, 0.3) is 0 Å². The van der Waals surface area contributed by atoms with Crippen molar-refractivity contribution in [2.75, 3.05) is 26.5 Å². The van der Waals surface area contributed by atoms with E-state index >= 15 is 0 Å². The third-order valence-electron chi connectivity index (χ3n) is 1.96. The summed E-state index contributed by atoms with van der Waals surface area (Å²) in [5.41, 5.74) is 0. The largest absolute Gasteiger partial charge is 0.465 e. The lowest BCUT2D eigenvalue weighted by molar-refractivity contribution is -0.142. The van der Waals surface area contributed by atoms with E-state index in [-0.39, 0.29) is 22.3 Å². The third kappa shape index (κ3) is 6.00. The molecular weight excluding hydrogens is 345 g/mol. The van der Waals surface area contributed by atoms with Gasteiger partial charge in [0.1, 0.15) is 3.92 Å². The summed E-state index contributed by atoms with van der Waals surface area (Å²) in [6.45, 7) is 2.06. The highest BCUT2D eigenvalue weighted by molar-refractivity contribution is 14.1. The quantitative estimate of drug-likeness (QED) is 0.293. The maximum Gasteiger partial charge on any atom is 0.318 e. The van der Waals surface area contributed by atoms with Gasteiger partial charge >= 0.3 is 5.97 Å². The highest BCUT2D eigenvalue weighted by atomic mass is 127. The summed E-state index contributed by atoms with van der Waals surface area (Å²) in [7, 11) is -0.211. The van der Waals surface area contributed by atoms with E-state index in [1.165, 1.54) is 18.4 Å². The Labute approximate surface area is 111 Å². The summed E-state index contributed by atoms with van der Waals surface area (Å²) in [6, 6.07) is 0. The zero-order chi connectivity index (χ0) is 12.8. The molecule has 0 N–H and O–H groups in total. The zero-order valence-electron chi connectivity index (χ0n) is 9.77. The SMILES string of the molecule is CCC(I)C(=O)OCCCS(=O)(=O)N(C)C. The van der Waals surface area contributed by atoms with Gasteiger partial charge in [-0.1, -0.05) is 29.5 Å². The lowest BCUT2D eigenvalue weighted by atomic mass is 10.3. The van der Waals surface area contributed by atoms with Gasteiger partial charge in [-0.3, -0.25) is 4.79 Å². The van der Waals surface area contributed by atoms with Crippen LogP contribution in [0.5, 0.6) is 0 Å². The Morgan fingerprint density at radius 2 is 2.00 bits per heavy atom. The molecular formula is C9H18INO4S. The van der Waals surface area contributed by atoms with Crippen molar-refractivity contribution in [3.63, 3.8) is 0 Å². The van der Waals surface area contributed by atoms with Gasteiger partial charge in [0.05, 0.1) is 12.4 Å². The van der Waals surface area contributed by atoms with Gasteiger partial charge in [0, 0.05) is 14.1 Å². The average molecular weight is 363 g/mol. The Morgan fingerprint density at radius 3 is 2.44 bits per heavy atom. The second-order valence-electron chi connectivity index (χ2n) is 3.50. The summed E-state index contributed by atoms with van der Waals surface area (Å²) < 4.78 is 28.7. The van der Waals surface area contributed by atoms with Gasteiger partial charge in [0.15, 0.2) is 0 Å². The molecule has 0 radical (unpaired) electrons. The van der Waals surface area contributed by atoms with Crippen LogP contribution in [0.2, 0.25) is 0 Å². The number of hydrogen-bond donors (Lipinski definition) is 0. The molecule has 1 unspecified atom stereocenters. The molecule has 0 aliphatic heterocycles. The van der Waals surface area contributed by atoms with Crippen molar-refractivity contribution in [1.29, 1.82) is 0 Å². The average Bonchev–Trinajstić information content (AvgIpc) is 2.22. The molecule has 0 amide bonds. The fourth-order valence-corrected chi connectivity index (χ4v) is 1.88. The predicted molar refractivity (Wildman–Crippen MR) is 71.1 cm³/mol. The Kier molecular flexibility index (Phi) is 7.49. The number of rotatable bonds is 7. The number of halogens is 1. The first-order valence-corrected chi connectivity index (χ1v) is 7.87. The maximum absolute atomic E-state index is 11.3. The maximum atomic E-state index is 11.3. The van der Waals surface area contributed by atoms with Gasteiger partial charge in [-0.2, -0.15) is 0 Å². The fourth-order valence-electron chi connectivity index (χ4n) is 0.854. The van der Waals surface area contributed by atoms with Crippen molar-refractivity contribution in [1.82, 2.24) is 4.31 Å². The predicted octanol–water partition coefficient (Wildman–Crippen LogP) is 1.02. The molecule has 0 bridgehead atoms. The molecule has 0 fully saturated rings. The standard InChI is InChI=1S/C9H18INO4S/c1-4-8(10)9(12)15-6-5-7-16(13,14)11(2)3/h8H,4-7H2,1-3H3. The van der Waals surface area contributed by atoms with Crippen LogP contribution in [0.15, 0.2) is 0 Å². The molecule has 96 valence electrons. The smallest absolute Gasteiger partial charge is 0.318 e. The van der Waals surface area contributed by atoms with Crippen LogP contribution in [0.1, 0.15) is 19.8 Å². The molecule has 5 nitrogen and oxygen atoms in total. The van der Waals surface area contributed by atoms with Crippen molar-refractivity contribution in [2.24, 2.45) is 0 Å². The van der Waals surface area contributed by atoms with Crippen LogP contribution in [0.3, 0.4) is 0 Å². The van der Waals surface area contributed by atoms with Crippen LogP contribution >= 0.6 is 22.6 Å². The van der Waals surface area contributed by atoms with Crippen LogP contribution in [0.25, 0.3) is 0 Å². The number of ether oxygens (including phenoxy) is 1. The lowest BCUT2D eigenvalue weighted by Crippen LogP contribution is -2.26. The molecule has 7 heteroatoms. The third-order valence-corrected chi connectivity index (χ3v) is 5.27. The molecule has 0 spiro atoms. The Balaban J connectivity index is 3.82. The van der Waals surface area contributed by atoms with E-state index in [0.717, 1.165) is 6.42 Å². The number of nitrogens with zero attached hydrogens (tertiary/aromatic N) is 1. The van der Waals surface area contributed by atoms with Crippen LogP contribution in [0.4, 0.5) is 0 Å².